The molecule has 0 aliphatic carbocycles. The highest BCUT2D eigenvalue weighted by molar-refractivity contribution is 5.88. The third-order valence-electron chi connectivity index (χ3n) is 3.92. The number of carbonyl (C=O) groups is 2. The van der Waals surface area contributed by atoms with E-state index in [1.54, 1.807) is 13.8 Å². The van der Waals surface area contributed by atoms with Crippen molar-refractivity contribution < 1.29 is 28.6 Å². The van der Waals surface area contributed by atoms with Crippen molar-refractivity contribution in [1.29, 1.82) is 0 Å². The summed E-state index contributed by atoms with van der Waals surface area (Å²) in [6.07, 6.45) is 0.537. The summed E-state index contributed by atoms with van der Waals surface area (Å²) in [5.41, 5.74) is -3.23. The van der Waals surface area contributed by atoms with Gasteiger partial charge in [0.2, 0.25) is 0 Å². The Balaban J connectivity index is 6.66. The first kappa shape index (κ1) is 20.3. The van der Waals surface area contributed by atoms with E-state index in [0.29, 0.717) is 6.42 Å². The number of carboxylic acid groups (broad SMARTS) is 2. The van der Waals surface area contributed by atoms with Gasteiger partial charge in [-0.25, -0.2) is 18.4 Å². The molecule has 0 saturated carbocycles. The van der Waals surface area contributed by atoms with Gasteiger partial charge in [-0.3, -0.25) is 0 Å². The summed E-state index contributed by atoms with van der Waals surface area (Å²) < 4.78 is 29.7. The first-order valence-corrected chi connectivity index (χ1v) is 7.11. The summed E-state index contributed by atoms with van der Waals surface area (Å²) in [6.45, 7) is 9.16. The Morgan fingerprint density at radius 1 is 1.05 bits per heavy atom. The Kier molecular flexibility index (Phi) is 7.43. The van der Waals surface area contributed by atoms with E-state index in [0.717, 1.165) is 13.8 Å². The Bertz CT molecular complexity index is 470. The van der Waals surface area contributed by atoms with Crippen LogP contribution in [0.1, 0.15) is 47.0 Å². The predicted molar refractivity (Wildman–Crippen MR) is 79.4 cm³/mol. The lowest BCUT2D eigenvalue weighted by molar-refractivity contribution is -0.133. The summed E-state index contributed by atoms with van der Waals surface area (Å²) in [4.78, 5) is 22.1. The number of carboxylic acids is 2. The predicted octanol–water partition coefficient (Wildman–Crippen LogP) is 4.29. The molecule has 125 valence electrons. The van der Waals surface area contributed by atoms with Gasteiger partial charge >= 0.3 is 11.9 Å². The van der Waals surface area contributed by atoms with E-state index in [9.17, 15) is 18.4 Å². The van der Waals surface area contributed by atoms with E-state index in [4.69, 9.17) is 10.2 Å². The van der Waals surface area contributed by atoms with Crippen LogP contribution in [0.2, 0.25) is 0 Å². The summed E-state index contributed by atoms with van der Waals surface area (Å²) in [7, 11) is 0. The van der Waals surface area contributed by atoms with Gasteiger partial charge in [-0.1, -0.05) is 26.7 Å². The average molecular weight is 317 g/mol. The van der Waals surface area contributed by atoms with Crippen LogP contribution >= 0.6 is 0 Å². The minimum atomic E-state index is -1.96. The van der Waals surface area contributed by atoms with Gasteiger partial charge in [0, 0.05) is 0 Å². The highest BCUT2D eigenvalue weighted by Crippen LogP contribution is 2.51. The summed E-state index contributed by atoms with van der Waals surface area (Å²) in [5.74, 6) is -6.19. The Morgan fingerprint density at radius 3 is 1.64 bits per heavy atom. The fourth-order valence-corrected chi connectivity index (χ4v) is 2.48. The number of allylic oxidation sites excluding steroid dienone is 2. The van der Waals surface area contributed by atoms with Crippen molar-refractivity contribution in [2.75, 3.05) is 0 Å². The lowest BCUT2D eigenvalue weighted by Crippen LogP contribution is -2.33. The Hall–Kier alpha value is -1.72. The van der Waals surface area contributed by atoms with Crippen LogP contribution in [0.4, 0.5) is 8.78 Å². The van der Waals surface area contributed by atoms with Crippen LogP contribution in [-0.4, -0.2) is 22.2 Å². The molecule has 0 aliphatic rings. The van der Waals surface area contributed by atoms with Gasteiger partial charge in [0.15, 0.2) is 0 Å². The number of halogens is 2. The van der Waals surface area contributed by atoms with E-state index in [1.165, 1.54) is 0 Å². The van der Waals surface area contributed by atoms with E-state index in [2.05, 4.69) is 6.92 Å². The SMILES string of the molecule is [CH2]C(CC)C(CCC)(C(F)=C(C)C(=O)O)C(F)=C(C)C(=O)O. The normalized spacial score (nSPS) is 18.0. The van der Waals surface area contributed by atoms with E-state index in [1.807, 2.05) is 0 Å². The molecule has 0 fully saturated rings. The van der Waals surface area contributed by atoms with Crippen LogP contribution in [0.3, 0.4) is 0 Å². The standard InChI is InChI=1S/C16H23F2O4/c1-6-8-16(9(3)7-2,12(17)10(4)14(19)20)13(18)11(5)15(21)22/h9H,3,6-8H2,1-2,4-5H3,(H,19,20)(H,21,22). The van der Waals surface area contributed by atoms with Crippen molar-refractivity contribution in [3.8, 4) is 0 Å². The first-order valence-electron chi connectivity index (χ1n) is 7.11. The fraction of sp³-hybridized carbons (Fsp3) is 0.562. The van der Waals surface area contributed by atoms with Gasteiger partial charge in [0.1, 0.15) is 11.7 Å². The van der Waals surface area contributed by atoms with Crippen LogP contribution in [-0.2, 0) is 9.59 Å². The van der Waals surface area contributed by atoms with Gasteiger partial charge < -0.3 is 10.2 Å². The Labute approximate surface area is 129 Å². The third kappa shape index (κ3) is 3.72. The highest BCUT2D eigenvalue weighted by atomic mass is 19.1. The van der Waals surface area contributed by atoms with Gasteiger partial charge in [-0.2, -0.15) is 0 Å². The topological polar surface area (TPSA) is 74.6 Å². The minimum Gasteiger partial charge on any atom is -0.478 e. The Morgan fingerprint density at radius 2 is 1.41 bits per heavy atom. The molecule has 0 aromatic heterocycles. The van der Waals surface area contributed by atoms with Crippen molar-refractivity contribution in [2.24, 2.45) is 11.3 Å². The quantitative estimate of drug-likeness (QED) is 0.655. The molecule has 1 unspecified atom stereocenters. The molecule has 0 spiro atoms. The van der Waals surface area contributed by atoms with E-state index >= 15 is 0 Å². The molecule has 0 aliphatic heterocycles. The lowest BCUT2D eigenvalue weighted by atomic mass is 9.68. The van der Waals surface area contributed by atoms with E-state index in [-0.39, 0.29) is 12.8 Å². The molecule has 22 heavy (non-hydrogen) atoms. The number of hydrogen-bond donors (Lipinski definition) is 2. The van der Waals surface area contributed by atoms with Crippen LogP contribution < -0.4 is 0 Å². The molecule has 0 heterocycles. The summed E-state index contributed by atoms with van der Waals surface area (Å²) in [5, 5.41) is 18.0. The molecular weight excluding hydrogens is 294 g/mol. The van der Waals surface area contributed by atoms with E-state index < -0.39 is 46.1 Å². The minimum absolute atomic E-state index is 0.0675. The molecule has 1 radical (unpaired) electrons. The van der Waals surface area contributed by atoms with Gasteiger partial charge in [-0.15, -0.1) is 0 Å². The second-order valence-electron chi connectivity index (χ2n) is 5.31. The molecular formula is C16H23F2O4. The molecule has 0 bridgehead atoms. The maximum absolute atomic E-state index is 14.9. The van der Waals surface area contributed by atoms with Crippen molar-refractivity contribution in [3.63, 3.8) is 0 Å². The molecule has 0 amide bonds. The summed E-state index contributed by atoms with van der Waals surface area (Å²) in [6, 6.07) is 0. The molecule has 6 heteroatoms. The first-order chi connectivity index (χ1) is 10.1. The van der Waals surface area contributed by atoms with Crippen molar-refractivity contribution in [3.05, 3.63) is 29.7 Å². The molecule has 4 nitrogen and oxygen atoms in total. The number of hydrogen-bond acceptors (Lipinski definition) is 2. The van der Waals surface area contributed by atoms with Crippen molar-refractivity contribution in [2.45, 2.75) is 47.0 Å². The second-order valence-corrected chi connectivity index (χ2v) is 5.31. The zero-order valence-electron chi connectivity index (χ0n) is 13.4. The molecule has 0 saturated heterocycles. The lowest BCUT2D eigenvalue weighted by Gasteiger charge is -2.37. The number of aliphatic carboxylic acids is 2. The molecule has 0 aromatic carbocycles. The van der Waals surface area contributed by atoms with Crippen molar-refractivity contribution in [1.82, 2.24) is 0 Å². The zero-order chi connectivity index (χ0) is 17.7. The molecule has 0 rings (SSSR count). The largest absolute Gasteiger partial charge is 0.478 e. The fourth-order valence-electron chi connectivity index (χ4n) is 2.48. The highest BCUT2D eigenvalue weighted by Gasteiger charge is 2.46. The summed E-state index contributed by atoms with van der Waals surface area (Å²) >= 11 is 0. The van der Waals surface area contributed by atoms with Gasteiger partial charge in [0.25, 0.3) is 0 Å². The van der Waals surface area contributed by atoms with Crippen LogP contribution in [0.25, 0.3) is 0 Å². The maximum Gasteiger partial charge on any atom is 0.333 e. The van der Waals surface area contributed by atoms with Crippen LogP contribution in [0, 0.1) is 18.3 Å². The third-order valence-corrected chi connectivity index (χ3v) is 3.92. The van der Waals surface area contributed by atoms with Crippen LogP contribution in [0.5, 0.6) is 0 Å². The zero-order valence-corrected chi connectivity index (χ0v) is 13.4. The molecule has 1 atom stereocenters. The average Bonchev–Trinajstić information content (AvgIpc) is 2.48. The van der Waals surface area contributed by atoms with Gasteiger partial charge in [-0.05, 0) is 33.1 Å². The van der Waals surface area contributed by atoms with Crippen LogP contribution in [0.15, 0.2) is 22.8 Å². The van der Waals surface area contributed by atoms with Gasteiger partial charge in [0.05, 0.1) is 16.6 Å². The second kappa shape index (κ2) is 8.06. The van der Waals surface area contributed by atoms with Crippen molar-refractivity contribution >= 4 is 11.9 Å². The maximum atomic E-state index is 14.9. The monoisotopic (exact) mass is 317 g/mol. The molecule has 0 aromatic rings. The molecule has 2 N–H and O–H groups in total. The smallest absolute Gasteiger partial charge is 0.333 e. The number of rotatable bonds is 8.